The summed E-state index contributed by atoms with van der Waals surface area (Å²) in [6.07, 6.45) is 1.44. The third kappa shape index (κ3) is 2.63. The Morgan fingerprint density at radius 2 is 1.74 bits per heavy atom. The summed E-state index contributed by atoms with van der Waals surface area (Å²) in [4.78, 5) is 25.9. The third-order valence-electron chi connectivity index (χ3n) is 3.46. The van der Waals surface area contributed by atoms with Crippen molar-refractivity contribution >= 4 is 27.6 Å². The Labute approximate surface area is 121 Å². The van der Waals surface area contributed by atoms with E-state index in [1.165, 1.54) is 6.08 Å². The van der Waals surface area contributed by atoms with Crippen molar-refractivity contribution in [2.45, 2.75) is 32.9 Å². The predicted molar refractivity (Wildman–Crippen MR) is 77.5 cm³/mol. The normalized spacial score (nSPS) is 18.5. The van der Waals surface area contributed by atoms with E-state index in [9.17, 15) is 9.59 Å². The molecule has 1 heterocycles. The first-order valence-electron chi connectivity index (χ1n) is 6.11. The van der Waals surface area contributed by atoms with Gasteiger partial charge in [0.15, 0.2) is 5.78 Å². The lowest BCUT2D eigenvalue weighted by molar-refractivity contribution is -0.142. The summed E-state index contributed by atoms with van der Waals surface area (Å²) < 4.78 is 0.993. The SMILES string of the molecule is CC1=CC(=O)C(C)(C)N(Cc2ccc(Br)cc2)C1=O. The molecule has 1 aliphatic heterocycles. The molecule has 1 aromatic carbocycles. The van der Waals surface area contributed by atoms with E-state index in [1.54, 1.807) is 25.7 Å². The largest absolute Gasteiger partial charge is 0.322 e. The smallest absolute Gasteiger partial charge is 0.250 e. The fraction of sp³-hybridized carbons (Fsp3) is 0.333. The highest BCUT2D eigenvalue weighted by Gasteiger charge is 2.40. The van der Waals surface area contributed by atoms with Gasteiger partial charge in [0.25, 0.3) is 5.91 Å². The molecule has 19 heavy (non-hydrogen) atoms. The second-order valence-corrected chi connectivity index (χ2v) is 6.18. The lowest BCUT2D eigenvalue weighted by atomic mass is 9.89. The summed E-state index contributed by atoms with van der Waals surface area (Å²) >= 11 is 3.38. The lowest BCUT2D eigenvalue weighted by Gasteiger charge is -2.40. The van der Waals surface area contributed by atoms with Crippen LogP contribution in [-0.2, 0) is 16.1 Å². The zero-order valence-corrected chi connectivity index (χ0v) is 12.8. The first-order valence-corrected chi connectivity index (χ1v) is 6.91. The molecular formula is C15H16BrNO2. The van der Waals surface area contributed by atoms with Crippen LogP contribution >= 0.6 is 15.9 Å². The Morgan fingerprint density at radius 3 is 2.32 bits per heavy atom. The predicted octanol–water partition coefficient (Wildman–Crippen LogP) is 3.09. The standard InChI is InChI=1S/C15H16BrNO2/c1-10-8-13(18)15(2,3)17(14(10)19)9-11-4-6-12(16)7-5-11/h4-8H,9H2,1-3H3. The minimum atomic E-state index is -0.788. The first-order chi connectivity index (χ1) is 8.82. The summed E-state index contributed by atoms with van der Waals surface area (Å²) in [5.41, 5.74) is 0.720. The summed E-state index contributed by atoms with van der Waals surface area (Å²) in [7, 11) is 0. The lowest BCUT2D eigenvalue weighted by Crippen LogP contribution is -2.55. The summed E-state index contributed by atoms with van der Waals surface area (Å²) in [5.74, 6) is -0.103. The summed E-state index contributed by atoms with van der Waals surface area (Å²) in [5, 5.41) is 0. The van der Waals surface area contributed by atoms with E-state index in [0.29, 0.717) is 12.1 Å². The number of benzene rings is 1. The summed E-state index contributed by atoms with van der Waals surface area (Å²) in [6, 6.07) is 7.76. The molecule has 0 aromatic heterocycles. The van der Waals surface area contributed by atoms with E-state index in [0.717, 1.165) is 10.0 Å². The maximum atomic E-state index is 12.3. The molecular weight excluding hydrogens is 306 g/mol. The van der Waals surface area contributed by atoms with Crippen molar-refractivity contribution < 1.29 is 9.59 Å². The number of halogens is 1. The van der Waals surface area contributed by atoms with Crippen LogP contribution in [-0.4, -0.2) is 22.1 Å². The minimum absolute atomic E-state index is 0.0262. The van der Waals surface area contributed by atoms with E-state index in [4.69, 9.17) is 0 Å². The van der Waals surface area contributed by atoms with Crippen LogP contribution in [0.4, 0.5) is 0 Å². The van der Waals surface area contributed by atoms with Gasteiger partial charge in [-0.1, -0.05) is 28.1 Å². The van der Waals surface area contributed by atoms with Crippen molar-refractivity contribution in [3.05, 3.63) is 46.0 Å². The Hall–Kier alpha value is -1.42. The molecule has 1 amide bonds. The maximum absolute atomic E-state index is 12.3. The molecule has 100 valence electrons. The van der Waals surface area contributed by atoms with Crippen LogP contribution in [0.15, 0.2) is 40.4 Å². The summed E-state index contributed by atoms with van der Waals surface area (Å²) in [6.45, 7) is 5.70. The van der Waals surface area contributed by atoms with Gasteiger partial charge >= 0.3 is 0 Å². The molecule has 1 aliphatic rings. The van der Waals surface area contributed by atoms with E-state index >= 15 is 0 Å². The first kappa shape index (κ1) is 14.0. The molecule has 0 saturated heterocycles. The molecule has 0 unspecified atom stereocenters. The monoisotopic (exact) mass is 321 g/mol. The van der Waals surface area contributed by atoms with Gasteiger partial charge in [-0.25, -0.2) is 0 Å². The number of amides is 1. The molecule has 0 radical (unpaired) electrons. The number of hydrogen-bond acceptors (Lipinski definition) is 2. The van der Waals surface area contributed by atoms with E-state index < -0.39 is 5.54 Å². The van der Waals surface area contributed by atoms with Crippen molar-refractivity contribution in [1.82, 2.24) is 4.90 Å². The Bertz CT molecular complexity index is 558. The van der Waals surface area contributed by atoms with Gasteiger partial charge in [0.2, 0.25) is 0 Å². The molecule has 0 saturated carbocycles. The topological polar surface area (TPSA) is 37.4 Å². The van der Waals surface area contributed by atoms with E-state index in [-0.39, 0.29) is 11.7 Å². The van der Waals surface area contributed by atoms with E-state index in [2.05, 4.69) is 15.9 Å². The van der Waals surface area contributed by atoms with Gasteiger partial charge in [0.05, 0.1) is 0 Å². The molecule has 0 aliphatic carbocycles. The molecule has 0 bridgehead atoms. The number of carbonyl (C=O) groups excluding carboxylic acids is 2. The Morgan fingerprint density at radius 1 is 1.16 bits per heavy atom. The maximum Gasteiger partial charge on any atom is 0.250 e. The van der Waals surface area contributed by atoms with Crippen LogP contribution in [0.3, 0.4) is 0 Å². The third-order valence-corrected chi connectivity index (χ3v) is 3.99. The van der Waals surface area contributed by atoms with Crippen molar-refractivity contribution in [3.63, 3.8) is 0 Å². The fourth-order valence-corrected chi connectivity index (χ4v) is 2.34. The molecule has 0 atom stereocenters. The fourth-order valence-electron chi connectivity index (χ4n) is 2.08. The van der Waals surface area contributed by atoms with Gasteiger partial charge in [-0.05, 0) is 44.5 Å². The average Bonchev–Trinajstić information content (AvgIpc) is 2.35. The number of rotatable bonds is 2. The van der Waals surface area contributed by atoms with Crippen LogP contribution < -0.4 is 0 Å². The van der Waals surface area contributed by atoms with Gasteiger partial charge in [0, 0.05) is 16.6 Å². The molecule has 0 spiro atoms. The molecule has 0 fully saturated rings. The van der Waals surface area contributed by atoms with Gasteiger partial charge in [-0.3, -0.25) is 9.59 Å². The number of carbonyl (C=O) groups is 2. The van der Waals surface area contributed by atoms with Crippen LogP contribution in [0.5, 0.6) is 0 Å². The van der Waals surface area contributed by atoms with E-state index in [1.807, 2.05) is 24.3 Å². The molecule has 4 heteroatoms. The van der Waals surface area contributed by atoms with Crippen molar-refractivity contribution in [2.75, 3.05) is 0 Å². The van der Waals surface area contributed by atoms with Gasteiger partial charge in [-0.2, -0.15) is 0 Å². The van der Waals surface area contributed by atoms with Crippen molar-refractivity contribution in [3.8, 4) is 0 Å². The number of nitrogens with zero attached hydrogens (tertiary/aromatic N) is 1. The van der Waals surface area contributed by atoms with Crippen LogP contribution in [0, 0.1) is 0 Å². The number of ketones is 1. The van der Waals surface area contributed by atoms with Crippen LogP contribution in [0.25, 0.3) is 0 Å². The Kier molecular flexibility index (Phi) is 3.63. The minimum Gasteiger partial charge on any atom is -0.322 e. The highest BCUT2D eigenvalue weighted by atomic mass is 79.9. The zero-order chi connectivity index (χ0) is 14.2. The van der Waals surface area contributed by atoms with Crippen molar-refractivity contribution in [1.29, 1.82) is 0 Å². The molecule has 3 nitrogen and oxygen atoms in total. The quantitative estimate of drug-likeness (QED) is 0.839. The van der Waals surface area contributed by atoms with Gasteiger partial charge in [0.1, 0.15) is 5.54 Å². The van der Waals surface area contributed by atoms with Gasteiger partial charge < -0.3 is 4.90 Å². The van der Waals surface area contributed by atoms with Crippen LogP contribution in [0.2, 0.25) is 0 Å². The zero-order valence-electron chi connectivity index (χ0n) is 11.2. The average molecular weight is 322 g/mol. The molecule has 0 N–H and O–H groups in total. The molecule has 1 aromatic rings. The number of hydrogen-bond donors (Lipinski definition) is 0. The second-order valence-electron chi connectivity index (χ2n) is 5.27. The molecule has 2 rings (SSSR count). The van der Waals surface area contributed by atoms with Gasteiger partial charge in [-0.15, -0.1) is 0 Å². The highest BCUT2D eigenvalue weighted by Crippen LogP contribution is 2.27. The highest BCUT2D eigenvalue weighted by molar-refractivity contribution is 9.10. The second kappa shape index (κ2) is 4.93. The van der Waals surface area contributed by atoms with Crippen LogP contribution in [0.1, 0.15) is 26.3 Å². The Balaban J connectivity index is 2.32. The van der Waals surface area contributed by atoms with Crippen molar-refractivity contribution in [2.24, 2.45) is 0 Å².